The second-order valence-electron chi connectivity index (χ2n) is 3.94. The highest BCUT2D eigenvalue weighted by Crippen LogP contribution is 2.21. The van der Waals surface area contributed by atoms with Gasteiger partial charge in [-0.3, -0.25) is 4.72 Å². The van der Waals surface area contributed by atoms with Crippen LogP contribution in [-0.2, 0) is 10.0 Å². The highest BCUT2D eigenvalue weighted by atomic mass is 79.9. The third kappa shape index (κ3) is 3.24. The number of sulfonamides is 1. The third-order valence-corrected chi connectivity index (χ3v) is 4.27. The van der Waals surface area contributed by atoms with Crippen molar-refractivity contribution in [3.63, 3.8) is 0 Å². The Morgan fingerprint density at radius 3 is 2.63 bits per heavy atom. The number of anilines is 2. The van der Waals surface area contributed by atoms with Gasteiger partial charge in [-0.2, -0.15) is 0 Å². The predicted molar refractivity (Wildman–Crippen MR) is 78.3 cm³/mol. The van der Waals surface area contributed by atoms with E-state index in [0.717, 1.165) is 0 Å². The van der Waals surface area contributed by atoms with Gasteiger partial charge in [-0.1, -0.05) is 6.07 Å². The molecule has 0 radical (unpaired) electrons. The Hall–Kier alpha value is -1.60. The minimum Gasteiger partial charge on any atom is -0.399 e. The highest BCUT2D eigenvalue weighted by molar-refractivity contribution is 9.10. The molecule has 0 bridgehead atoms. The van der Waals surface area contributed by atoms with E-state index < -0.39 is 10.0 Å². The van der Waals surface area contributed by atoms with Gasteiger partial charge in [-0.05, 0) is 53.2 Å². The van der Waals surface area contributed by atoms with E-state index in [1.54, 1.807) is 31.2 Å². The summed E-state index contributed by atoms with van der Waals surface area (Å²) in [7, 11) is -3.66. The first kappa shape index (κ1) is 13.8. The van der Waals surface area contributed by atoms with E-state index in [2.05, 4.69) is 25.6 Å². The Bertz CT molecular complexity index is 717. The highest BCUT2D eigenvalue weighted by Gasteiger charge is 2.15. The van der Waals surface area contributed by atoms with Crippen molar-refractivity contribution in [3.05, 3.63) is 46.7 Å². The number of hydrogen-bond acceptors (Lipinski definition) is 4. The molecule has 0 saturated heterocycles. The third-order valence-electron chi connectivity index (χ3n) is 2.46. The van der Waals surface area contributed by atoms with E-state index in [-0.39, 0.29) is 4.90 Å². The molecule has 0 amide bonds. The Kier molecular flexibility index (Phi) is 3.77. The lowest BCUT2D eigenvalue weighted by atomic mass is 10.3. The van der Waals surface area contributed by atoms with Crippen LogP contribution in [0.3, 0.4) is 0 Å². The van der Waals surface area contributed by atoms with Gasteiger partial charge in [0.15, 0.2) is 0 Å². The summed E-state index contributed by atoms with van der Waals surface area (Å²) in [6.07, 6.45) is 0. The maximum absolute atomic E-state index is 12.2. The molecule has 100 valence electrons. The quantitative estimate of drug-likeness (QED) is 0.663. The molecule has 0 saturated carbocycles. The summed E-state index contributed by atoms with van der Waals surface area (Å²) in [5.41, 5.74) is 7.01. The van der Waals surface area contributed by atoms with Crippen molar-refractivity contribution in [2.45, 2.75) is 11.8 Å². The topological polar surface area (TPSA) is 85.1 Å². The largest absolute Gasteiger partial charge is 0.399 e. The monoisotopic (exact) mass is 341 g/mol. The van der Waals surface area contributed by atoms with Crippen LogP contribution >= 0.6 is 15.9 Å². The first-order valence-electron chi connectivity index (χ1n) is 5.40. The molecule has 7 heteroatoms. The first-order chi connectivity index (χ1) is 8.88. The maximum atomic E-state index is 12.2. The van der Waals surface area contributed by atoms with Crippen LogP contribution in [-0.4, -0.2) is 13.4 Å². The molecule has 0 aliphatic rings. The molecule has 0 atom stereocenters. The zero-order chi connectivity index (χ0) is 14.0. The average Bonchev–Trinajstić information content (AvgIpc) is 2.33. The summed E-state index contributed by atoms with van der Waals surface area (Å²) in [6, 6.07) is 9.44. The zero-order valence-corrected chi connectivity index (χ0v) is 12.5. The molecule has 0 spiro atoms. The molecule has 5 nitrogen and oxygen atoms in total. The van der Waals surface area contributed by atoms with Crippen molar-refractivity contribution in [2.75, 3.05) is 10.5 Å². The van der Waals surface area contributed by atoms with E-state index in [1.165, 1.54) is 12.1 Å². The second kappa shape index (κ2) is 5.18. The summed E-state index contributed by atoms with van der Waals surface area (Å²) < 4.78 is 27.5. The lowest BCUT2D eigenvalue weighted by Gasteiger charge is -2.10. The summed E-state index contributed by atoms with van der Waals surface area (Å²) in [5.74, 6) is 0. The van der Waals surface area contributed by atoms with Crippen LogP contribution in [0.1, 0.15) is 5.69 Å². The molecule has 3 N–H and O–H groups in total. The Morgan fingerprint density at radius 1 is 1.26 bits per heavy atom. The minimum atomic E-state index is -3.66. The first-order valence-corrected chi connectivity index (χ1v) is 7.67. The average molecular weight is 342 g/mol. The number of nitrogens with one attached hydrogen (secondary N) is 1. The minimum absolute atomic E-state index is 0.120. The van der Waals surface area contributed by atoms with Crippen LogP contribution in [0.4, 0.5) is 11.4 Å². The number of halogens is 1. The van der Waals surface area contributed by atoms with Crippen LogP contribution in [0.15, 0.2) is 45.9 Å². The second-order valence-corrected chi connectivity index (χ2v) is 6.44. The van der Waals surface area contributed by atoms with E-state index in [4.69, 9.17) is 5.73 Å². The summed E-state index contributed by atoms with van der Waals surface area (Å²) >= 11 is 3.23. The van der Waals surface area contributed by atoms with E-state index in [1.807, 2.05) is 0 Å². The number of benzene rings is 1. The molecule has 0 fully saturated rings. The van der Waals surface area contributed by atoms with E-state index >= 15 is 0 Å². The zero-order valence-electron chi connectivity index (χ0n) is 10.1. The molecule has 1 heterocycles. The van der Waals surface area contributed by atoms with E-state index in [9.17, 15) is 8.42 Å². The Labute approximate surface area is 120 Å². The van der Waals surface area contributed by atoms with Crippen molar-refractivity contribution in [2.24, 2.45) is 0 Å². The van der Waals surface area contributed by atoms with Gasteiger partial charge in [0.1, 0.15) is 4.60 Å². The van der Waals surface area contributed by atoms with Gasteiger partial charge in [0.2, 0.25) is 0 Å². The molecule has 2 aromatic rings. The summed E-state index contributed by atoms with van der Waals surface area (Å²) in [4.78, 5) is 4.25. The number of rotatable bonds is 3. The summed E-state index contributed by atoms with van der Waals surface area (Å²) in [6.45, 7) is 1.72. The smallest absolute Gasteiger partial charge is 0.262 e. The van der Waals surface area contributed by atoms with Gasteiger partial charge >= 0.3 is 0 Å². The van der Waals surface area contributed by atoms with Crippen LogP contribution in [0.2, 0.25) is 0 Å². The van der Waals surface area contributed by atoms with Crippen molar-refractivity contribution >= 4 is 37.3 Å². The summed E-state index contributed by atoms with van der Waals surface area (Å²) in [5, 5.41) is 0. The maximum Gasteiger partial charge on any atom is 0.262 e. The molecule has 1 aromatic heterocycles. The normalized spacial score (nSPS) is 11.3. The SMILES string of the molecule is Cc1nc(Br)ccc1NS(=O)(=O)c1cccc(N)c1. The molecule has 1 aromatic carbocycles. The number of aromatic nitrogens is 1. The number of nitrogens with zero attached hydrogens (tertiary/aromatic N) is 1. The predicted octanol–water partition coefficient (Wildman–Crippen LogP) is 2.54. The molecule has 2 rings (SSSR count). The Morgan fingerprint density at radius 2 is 2.00 bits per heavy atom. The van der Waals surface area contributed by atoms with Crippen molar-refractivity contribution < 1.29 is 8.42 Å². The standard InChI is InChI=1S/C12H12BrN3O2S/c1-8-11(5-6-12(13)15-8)16-19(17,18)10-4-2-3-9(14)7-10/h2-7,16H,14H2,1H3. The molecular formula is C12H12BrN3O2S. The lowest BCUT2D eigenvalue weighted by Crippen LogP contribution is -2.14. The molecule has 19 heavy (non-hydrogen) atoms. The lowest BCUT2D eigenvalue weighted by molar-refractivity contribution is 0.601. The van der Waals surface area contributed by atoms with Crippen LogP contribution in [0, 0.1) is 6.92 Å². The van der Waals surface area contributed by atoms with Crippen molar-refractivity contribution in [1.29, 1.82) is 0 Å². The van der Waals surface area contributed by atoms with Crippen molar-refractivity contribution in [1.82, 2.24) is 4.98 Å². The van der Waals surface area contributed by atoms with Crippen LogP contribution in [0.5, 0.6) is 0 Å². The fourth-order valence-corrected chi connectivity index (χ4v) is 3.09. The number of pyridine rings is 1. The number of hydrogen-bond donors (Lipinski definition) is 2. The van der Waals surface area contributed by atoms with Gasteiger partial charge in [-0.25, -0.2) is 13.4 Å². The van der Waals surface area contributed by atoms with Gasteiger partial charge in [-0.15, -0.1) is 0 Å². The molecular weight excluding hydrogens is 330 g/mol. The molecule has 0 unspecified atom stereocenters. The fraction of sp³-hybridized carbons (Fsp3) is 0.0833. The Balaban J connectivity index is 2.36. The number of nitrogen functional groups attached to an aromatic ring is 1. The van der Waals surface area contributed by atoms with Crippen molar-refractivity contribution in [3.8, 4) is 0 Å². The van der Waals surface area contributed by atoms with Crippen LogP contribution < -0.4 is 10.5 Å². The fourth-order valence-electron chi connectivity index (χ4n) is 1.52. The van der Waals surface area contributed by atoms with Gasteiger partial charge in [0, 0.05) is 5.69 Å². The van der Waals surface area contributed by atoms with Crippen LogP contribution in [0.25, 0.3) is 0 Å². The van der Waals surface area contributed by atoms with Gasteiger partial charge in [0.05, 0.1) is 16.3 Å². The van der Waals surface area contributed by atoms with Gasteiger partial charge < -0.3 is 5.73 Å². The van der Waals surface area contributed by atoms with Gasteiger partial charge in [0.25, 0.3) is 10.0 Å². The van der Waals surface area contributed by atoms with E-state index in [0.29, 0.717) is 21.7 Å². The molecule has 0 aliphatic carbocycles. The molecule has 0 aliphatic heterocycles. The number of nitrogens with two attached hydrogens (primary N) is 1. The number of aryl methyl sites for hydroxylation is 1.